The monoisotopic (exact) mass is 455 g/mol. The number of hydrogen-bond donors (Lipinski definition) is 4. The number of aliphatic hydroxyl groups is 1. The summed E-state index contributed by atoms with van der Waals surface area (Å²) >= 11 is 1.56. The molecule has 1 amide bonds. The summed E-state index contributed by atoms with van der Waals surface area (Å²) in [5.74, 6) is -0.460. The molecule has 7 nitrogen and oxygen atoms in total. The Morgan fingerprint density at radius 1 is 1.31 bits per heavy atom. The van der Waals surface area contributed by atoms with E-state index in [1.807, 2.05) is 38.2 Å². The minimum absolute atomic E-state index is 0.0524. The predicted octanol–water partition coefficient (Wildman–Crippen LogP) is 4.50. The van der Waals surface area contributed by atoms with Gasteiger partial charge in [-0.3, -0.25) is 14.8 Å². The van der Waals surface area contributed by atoms with Crippen LogP contribution in [0.15, 0.2) is 36.1 Å². The summed E-state index contributed by atoms with van der Waals surface area (Å²) < 4.78 is 14.1. The first-order valence-corrected chi connectivity index (χ1v) is 11.3. The molecule has 0 aliphatic carbocycles. The van der Waals surface area contributed by atoms with E-state index in [-0.39, 0.29) is 12.6 Å². The van der Waals surface area contributed by atoms with Crippen molar-refractivity contribution >= 4 is 44.9 Å². The van der Waals surface area contributed by atoms with Gasteiger partial charge in [-0.25, -0.2) is 4.39 Å². The van der Waals surface area contributed by atoms with Crippen LogP contribution >= 0.6 is 11.3 Å². The van der Waals surface area contributed by atoms with E-state index in [1.165, 1.54) is 20.0 Å². The maximum atomic E-state index is 14.1. The van der Waals surface area contributed by atoms with E-state index in [0.717, 1.165) is 26.9 Å². The molecule has 3 heterocycles. The highest BCUT2D eigenvalue weighted by atomic mass is 32.1. The third-order valence-corrected chi connectivity index (χ3v) is 6.04. The van der Waals surface area contributed by atoms with Gasteiger partial charge in [0.2, 0.25) is 0 Å². The van der Waals surface area contributed by atoms with Crippen LogP contribution in [-0.4, -0.2) is 50.3 Å². The molecule has 168 valence electrons. The number of alkyl halides is 1. The Morgan fingerprint density at radius 3 is 2.75 bits per heavy atom. The average Bonchev–Trinajstić information content (AvgIpc) is 3.38. The smallest absolute Gasteiger partial charge is 0.255 e. The number of hydrogen-bond acceptors (Lipinski definition) is 6. The quantitative estimate of drug-likeness (QED) is 0.329. The molecule has 4 rings (SSSR count). The van der Waals surface area contributed by atoms with Gasteiger partial charge in [-0.2, -0.15) is 0 Å². The number of H-pyrrole nitrogens is 1. The van der Waals surface area contributed by atoms with Crippen LogP contribution < -0.4 is 10.6 Å². The third kappa shape index (κ3) is 4.31. The molecule has 0 spiro atoms. The molecular formula is C23H26FN5O2S. The van der Waals surface area contributed by atoms with Crippen molar-refractivity contribution in [2.24, 2.45) is 0 Å². The Hall–Kier alpha value is -3.04. The first-order valence-electron chi connectivity index (χ1n) is 10.4. The van der Waals surface area contributed by atoms with E-state index in [4.69, 9.17) is 0 Å². The van der Waals surface area contributed by atoms with Crippen LogP contribution in [0.3, 0.4) is 0 Å². The van der Waals surface area contributed by atoms with Crippen molar-refractivity contribution in [3.8, 4) is 10.4 Å². The van der Waals surface area contributed by atoms with Gasteiger partial charge in [-0.05, 0) is 45.4 Å². The van der Waals surface area contributed by atoms with E-state index in [2.05, 4.69) is 25.6 Å². The lowest BCUT2D eigenvalue weighted by molar-refractivity contribution is -0.00177. The van der Waals surface area contributed by atoms with Gasteiger partial charge in [0.25, 0.3) is 5.91 Å². The minimum atomic E-state index is -1.59. The molecule has 0 bridgehead atoms. The van der Waals surface area contributed by atoms with Gasteiger partial charge in [0.05, 0.1) is 44.8 Å². The molecule has 0 radical (unpaired) electrons. The van der Waals surface area contributed by atoms with Crippen molar-refractivity contribution in [1.29, 1.82) is 0 Å². The van der Waals surface area contributed by atoms with Crippen molar-refractivity contribution in [3.05, 3.63) is 41.7 Å². The first kappa shape index (κ1) is 22.2. The lowest BCUT2D eigenvalue weighted by Crippen LogP contribution is -2.42. The Bertz CT molecular complexity index is 1260. The highest BCUT2D eigenvalue weighted by Crippen LogP contribution is 2.34. The average molecular weight is 456 g/mol. The van der Waals surface area contributed by atoms with Crippen molar-refractivity contribution in [2.45, 2.75) is 45.5 Å². The number of halogens is 1. The second-order valence-electron chi connectivity index (χ2n) is 8.65. The molecule has 1 atom stereocenters. The van der Waals surface area contributed by atoms with E-state index in [9.17, 15) is 14.3 Å². The number of amides is 1. The summed E-state index contributed by atoms with van der Waals surface area (Å²) in [5.41, 5.74) is 4.57. The molecule has 9 heteroatoms. The molecule has 1 aromatic carbocycles. The summed E-state index contributed by atoms with van der Waals surface area (Å²) in [7, 11) is 0. The van der Waals surface area contributed by atoms with Crippen LogP contribution in [-0.2, 0) is 0 Å². The number of aromatic amines is 1. The standard InChI is InChI=1S/C23H26FN5O2S/c1-12(2)28-20-15(22(30)27-10-18(24)23(3,4)31)8-26-19-14-6-5-13(17-9-25-11-32-17)7-16(14)29-21(19)20/h5-9,11-12,18,29,31H,10H2,1-4H3,(H,26,28)(H,27,30)/t18-/m1/s1. The van der Waals surface area contributed by atoms with Crippen LogP contribution in [0, 0.1) is 0 Å². The number of pyridine rings is 1. The lowest BCUT2D eigenvalue weighted by atomic mass is 10.0. The fourth-order valence-electron chi connectivity index (χ4n) is 3.48. The molecule has 0 aliphatic rings. The molecular weight excluding hydrogens is 429 g/mol. The van der Waals surface area contributed by atoms with E-state index >= 15 is 0 Å². The third-order valence-electron chi connectivity index (χ3n) is 5.22. The van der Waals surface area contributed by atoms with Gasteiger partial charge in [-0.1, -0.05) is 6.07 Å². The lowest BCUT2D eigenvalue weighted by Gasteiger charge is -2.23. The number of rotatable bonds is 7. The molecule has 0 unspecified atom stereocenters. The second-order valence-corrected chi connectivity index (χ2v) is 9.54. The molecule has 3 aromatic heterocycles. The van der Waals surface area contributed by atoms with Gasteiger partial charge in [0.15, 0.2) is 0 Å². The van der Waals surface area contributed by atoms with Crippen molar-refractivity contribution < 1.29 is 14.3 Å². The fourth-order valence-corrected chi connectivity index (χ4v) is 4.10. The zero-order chi connectivity index (χ0) is 23.0. The minimum Gasteiger partial charge on any atom is -0.387 e. The second kappa shape index (κ2) is 8.48. The number of aromatic nitrogens is 3. The van der Waals surface area contributed by atoms with Crippen molar-refractivity contribution in [2.75, 3.05) is 11.9 Å². The Balaban J connectivity index is 1.76. The summed E-state index contributed by atoms with van der Waals surface area (Å²) in [6.45, 7) is 6.39. The van der Waals surface area contributed by atoms with Gasteiger partial charge in [0, 0.05) is 29.3 Å². The molecule has 32 heavy (non-hydrogen) atoms. The summed E-state index contributed by atoms with van der Waals surface area (Å²) in [6.07, 6.45) is 1.74. The predicted molar refractivity (Wildman–Crippen MR) is 127 cm³/mol. The van der Waals surface area contributed by atoms with Crippen LogP contribution in [0.25, 0.3) is 32.4 Å². The van der Waals surface area contributed by atoms with Gasteiger partial charge < -0.3 is 20.7 Å². The molecule has 0 saturated carbocycles. The fraction of sp³-hybridized carbons (Fsp3) is 0.348. The Labute approximate surface area is 189 Å². The number of fused-ring (bicyclic) bond motifs is 3. The summed E-state index contributed by atoms with van der Waals surface area (Å²) in [5, 5.41) is 16.6. The van der Waals surface area contributed by atoms with Crippen LogP contribution in [0.2, 0.25) is 0 Å². The zero-order valence-corrected chi connectivity index (χ0v) is 19.2. The number of nitrogens with zero attached hydrogens (tertiary/aromatic N) is 2. The molecule has 0 fully saturated rings. The highest BCUT2D eigenvalue weighted by molar-refractivity contribution is 7.13. The van der Waals surface area contributed by atoms with Gasteiger partial charge >= 0.3 is 0 Å². The van der Waals surface area contributed by atoms with E-state index < -0.39 is 17.7 Å². The Morgan fingerprint density at radius 2 is 2.09 bits per heavy atom. The Kier molecular flexibility index (Phi) is 5.87. The summed E-state index contributed by atoms with van der Waals surface area (Å²) in [6, 6.07) is 6.13. The number of thiazole rings is 1. The maximum Gasteiger partial charge on any atom is 0.255 e. The largest absolute Gasteiger partial charge is 0.387 e. The normalized spacial score (nSPS) is 13.1. The van der Waals surface area contributed by atoms with Crippen LogP contribution in [0.4, 0.5) is 10.1 Å². The van der Waals surface area contributed by atoms with Gasteiger partial charge in [0.1, 0.15) is 6.17 Å². The van der Waals surface area contributed by atoms with Crippen LogP contribution in [0.5, 0.6) is 0 Å². The van der Waals surface area contributed by atoms with Gasteiger partial charge in [-0.15, -0.1) is 11.3 Å². The highest BCUT2D eigenvalue weighted by Gasteiger charge is 2.27. The molecule has 0 saturated heterocycles. The van der Waals surface area contributed by atoms with E-state index in [0.29, 0.717) is 16.8 Å². The number of carbonyl (C=O) groups is 1. The van der Waals surface area contributed by atoms with Crippen molar-refractivity contribution in [1.82, 2.24) is 20.3 Å². The van der Waals surface area contributed by atoms with Crippen LogP contribution in [0.1, 0.15) is 38.1 Å². The zero-order valence-electron chi connectivity index (χ0n) is 18.4. The first-order chi connectivity index (χ1) is 15.1. The van der Waals surface area contributed by atoms with E-state index in [1.54, 1.807) is 16.8 Å². The molecule has 0 aliphatic heterocycles. The SMILES string of the molecule is CC(C)Nc1c(C(=O)NC[C@@H](F)C(C)(C)O)cnc2c1[nH]c1cc(-c3cncs3)ccc12. The number of carbonyl (C=O) groups excluding carboxylic acids is 1. The number of anilines is 1. The number of benzene rings is 1. The summed E-state index contributed by atoms with van der Waals surface area (Å²) in [4.78, 5) is 26.0. The molecule has 4 N–H and O–H groups in total. The maximum absolute atomic E-state index is 14.1. The number of nitrogens with one attached hydrogen (secondary N) is 3. The molecule has 4 aromatic rings. The topological polar surface area (TPSA) is 103 Å². The van der Waals surface area contributed by atoms with Crippen molar-refractivity contribution in [3.63, 3.8) is 0 Å².